The summed E-state index contributed by atoms with van der Waals surface area (Å²) in [7, 11) is 0. The van der Waals surface area contributed by atoms with E-state index in [1.807, 2.05) is 0 Å². The van der Waals surface area contributed by atoms with Crippen molar-refractivity contribution in [2.24, 2.45) is 0 Å². The normalized spacial score (nSPS) is 11.9. The van der Waals surface area contributed by atoms with Gasteiger partial charge in [-0.25, -0.2) is 0 Å². The number of hydrogen-bond acceptors (Lipinski definition) is 24. The van der Waals surface area contributed by atoms with Gasteiger partial charge in [0.15, 0.2) is 0 Å². The molecule has 0 saturated heterocycles. The molecule has 774 valence electrons. The van der Waals surface area contributed by atoms with E-state index >= 15 is 0 Å². The summed E-state index contributed by atoms with van der Waals surface area (Å²) in [5.41, 5.74) is -14.4. The largest absolute Gasteiger partial charge is 0.691 e. The van der Waals surface area contributed by atoms with Crippen LogP contribution in [-0.2, 0) is 220 Å². The summed E-state index contributed by atoms with van der Waals surface area (Å²) in [6.45, 7) is 34.8. The van der Waals surface area contributed by atoms with Crippen LogP contribution in [0, 0.1) is 0 Å². The second kappa shape index (κ2) is 119. The molecule has 31 heteroatoms. The molecule has 0 aliphatic carbocycles. The van der Waals surface area contributed by atoms with E-state index in [1.54, 1.807) is 0 Å². The Balaban J connectivity index is -0.000000272. The maximum Gasteiger partial charge on any atom is 0.0563 e. The minimum Gasteiger partial charge on any atom is -0.691 e. The first-order valence-corrected chi connectivity index (χ1v) is 74.2. The van der Waals surface area contributed by atoms with E-state index < -0.39 is 34.2 Å². The van der Waals surface area contributed by atoms with Gasteiger partial charge in [-0.3, -0.25) is 0 Å². The molecule has 0 aromatic rings. The number of unbranched alkanes of at least 4 members (excludes halogenated alkanes) is 60. The molecule has 0 rings (SSSR count). The Kier molecular flexibility index (Phi) is 137. The quantitative estimate of drug-likeness (QED) is 0.0249. The van der Waals surface area contributed by atoms with Gasteiger partial charge in [0, 0.05) is 21.1 Å². The van der Waals surface area contributed by atoms with Crippen LogP contribution in [0.5, 0.6) is 0 Å². The summed E-state index contributed by atoms with van der Waals surface area (Å²) < 4.78 is 67.2. The van der Waals surface area contributed by atoms with Crippen LogP contribution >= 0.6 is 34.2 Å². The standard InChI is InChI=1S/6C16H35O2PS2.Mo/c6*1-3-5-7-9-11-13-15-17-19(20,21)18-16-14-12-10-8-6-4-2;/h6*3-16H2,1-2H3,(H,20,21);/p-6. The van der Waals surface area contributed by atoms with Gasteiger partial charge >= 0.3 is 0 Å². The fraction of sp³-hybridized carbons (Fsp3) is 1.00. The molecule has 0 bridgehead atoms. The molecule has 0 N–H and O–H groups in total. The van der Waals surface area contributed by atoms with Gasteiger partial charge in [-0.05, 0) is 77.0 Å². The fourth-order valence-electron chi connectivity index (χ4n) is 12.9. The van der Waals surface area contributed by atoms with Gasteiger partial charge in [0.1, 0.15) is 0 Å². The third-order valence-electron chi connectivity index (χ3n) is 21.0. The van der Waals surface area contributed by atoms with E-state index in [-0.39, 0.29) is 21.1 Å². The molecule has 0 aliphatic rings. The molecule has 0 radical (unpaired) electrons. The van der Waals surface area contributed by atoms with Gasteiger partial charge in [0.05, 0.1) is 113 Å². The molecule has 0 unspecified atom stereocenters. The molecule has 0 saturated carbocycles. The maximum absolute atomic E-state index is 5.60. The Bertz CT molecular complexity index is 1860. The first-order valence-electron chi connectivity index (χ1n) is 52.3. The summed E-state index contributed by atoms with van der Waals surface area (Å²) >= 11 is 63.2. The zero-order chi connectivity index (χ0) is 94.9. The van der Waals surface area contributed by atoms with Crippen LogP contribution in [-0.4, -0.2) is 79.3 Å². The minimum absolute atomic E-state index is 0. The summed E-state index contributed by atoms with van der Waals surface area (Å²) in [6.07, 6.45) is 90.0. The number of rotatable bonds is 96. The van der Waals surface area contributed by atoms with Crippen LogP contribution in [0.2, 0.25) is 0 Å². The number of hydrogen-bond donors (Lipinski definition) is 0. The smallest absolute Gasteiger partial charge is 0.0563 e. The second-order valence-corrected chi connectivity index (χ2v) is 63.8. The SMILES string of the molecule is CCCCCCCCOP(=S)([S-])OCCCCCCCC.CCCCCCCCOP(=S)([S-])OCCCCCCCC.CCCCCCCCOP(=S)([S-])OCCCCCCCC.CCCCCCCCOP(=S)([S-])OCCCCCCCC.CCCCCCCCOP(=S)([S-])OCCCCCCCC.CCCCCCCCOP(=S)([S-])OCCCCCCCC.[Mo]. The van der Waals surface area contributed by atoms with E-state index in [0.29, 0.717) is 79.3 Å². The van der Waals surface area contributed by atoms with Gasteiger partial charge in [-0.2, -0.15) is 0 Å². The fourth-order valence-corrected chi connectivity index (χ4v) is 23.0. The van der Waals surface area contributed by atoms with Crippen molar-refractivity contribution in [1.29, 1.82) is 0 Å². The van der Waals surface area contributed by atoms with Crippen LogP contribution in [0.1, 0.15) is 545 Å². The Labute approximate surface area is 869 Å². The van der Waals surface area contributed by atoms with Gasteiger partial charge in [-0.1, -0.05) is 539 Å². The van der Waals surface area contributed by atoms with Crippen molar-refractivity contribution >= 4 is 178 Å². The molecular formula is C96H204MoO12P6S12-6. The molecule has 0 heterocycles. The molecule has 0 aromatic heterocycles. The maximum atomic E-state index is 5.60. The molecule has 0 fully saturated rings. The summed E-state index contributed by atoms with van der Waals surface area (Å²) in [5.74, 6) is 0. The van der Waals surface area contributed by atoms with Crippen molar-refractivity contribution in [2.45, 2.75) is 545 Å². The molecular weight excluding hydrogens is 2010 g/mol. The van der Waals surface area contributed by atoms with Crippen LogP contribution < -0.4 is 0 Å². The Morgan fingerprint density at radius 3 is 0.236 bits per heavy atom. The zero-order valence-electron chi connectivity index (χ0n) is 84.3. The van der Waals surface area contributed by atoms with Gasteiger partial charge in [-0.15, -0.1) is 0 Å². The Morgan fingerprint density at radius 1 is 0.118 bits per heavy atom. The van der Waals surface area contributed by atoms with E-state index in [0.717, 1.165) is 77.0 Å². The monoisotopic (exact) mass is 2220 g/mol. The van der Waals surface area contributed by atoms with E-state index in [4.69, 9.17) is 199 Å². The Morgan fingerprint density at radius 2 is 0.173 bits per heavy atom. The predicted molar refractivity (Wildman–Crippen MR) is 602 cm³/mol. The zero-order valence-corrected chi connectivity index (χ0v) is 101. The third-order valence-corrected chi connectivity index (χ3v) is 34.5. The van der Waals surface area contributed by atoms with Crippen LogP contribution in [0.3, 0.4) is 0 Å². The van der Waals surface area contributed by atoms with Gasteiger partial charge < -0.3 is 128 Å². The summed E-state index contributed by atoms with van der Waals surface area (Å²) in [5, 5.41) is 0. The first kappa shape index (κ1) is 146. The van der Waals surface area contributed by atoms with E-state index in [2.05, 4.69) is 83.1 Å². The minimum atomic E-state index is -2.40. The van der Waals surface area contributed by atoms with Crippen LogP contribution in [0.4, 0.5) is 0 Å². The Hall–Kier alpha value is 6.21. The van der Waals surface area contributed by atoms with Crippen molar-refractivity contribution in [2.75, 3.05) is 79.3 Å². The predicted octanol–water partition coefficient (Wildman–Crippen LogP) is 39.1. The van der Waals surface area contributed by atoms with Crippen molar-refractivity contribution in [3.8, 4) is 0 Å². The van der Waals surface area contributed by atoms with Gasteiger partial charge in [0.25, 0.3) is 0 Å². The third kappa shape index (κ3) is 141. The van der Waals surface area contributed by atoms with E-state index in [9.17, 15) is 0 Å². The topological polar surface area (TPSA) is 111 Å². The van der Waals surface area contributed by atoms with E-state index in [1.165, 1.54) is 385 Å². The van der Waals surface area contributed by atoms with Crippen molar-refractivity contribution < 1.29 is 75.4 Å². The second-order valence-electron chi connectivity index (χ2n) is 33.9. The summed E-state index contributed by atoms with van der Waals surface area (Å²) in [6, 6.07) is 0. The van der Waals surface area contributed by atoms with Crippen LogP contribution in [0.25, 0.3) is 0 Å². The molecule has 0 atom stereocenters. The van der Waals surface area contributed by atoms with Gasteiger partial charge in [0.2, 0.25) is 0 Å². The molecule has 0 aromatic carbocycles. The molecule has 127 heavy (non-hydrogen) atoms. The van der Waals surface area contributed by atoms with Crippen molar-refractivity contribution in [3.63, 3.8) is 0 Å². The summed E-state index contributed by atoms with van der Waals surface area (Å²) in [4.78, 5) is 0. The average Bonchev–Trinajstić information content (AvgIpc) is 0.972. The molecule has 0 amide bonds. The molecule has 0 aliphatic heterocycles. The average molecular weight is 2220 g/mol. The molecule has 0 spiro atoms. The molecule has 12 nitrogen and oxygen atoms in total. The van der Waals surface area contributed by atoms with Crippen LogP contribution in [0.15, 0.2) is 0 Å². The van der Waals surface area contributed by atoms with Crippen molar-refractivity contribution in [1.82, 2.24) is 0 Å². The first-order chi connectivity index (χ1) is 60.7. The van der Waals surface area contributed by atoms with Crippen molar-refractivity contribution in [3.05, 3.63) is 0 Å².